The number of aryl methyl sites for hydroxylation is 1. The molecule has 4 rings (SSSR count). The molecule has 2 saturated heterocycles. The van der Waals surface area contributed by atoms with Gasteiger partial charge in [0.25, 0.3) is 0 Å². The minimum atomic E-state index is -4.98. The van der Waals surface area contributed by atoms with Gasteiger partial charge in [0.2, 0.25) is 5.91 Å². The minimum Gasteiger partial charge on any atom is -0.341 e. The third-order valence-corrected chi connectivity index (χ3v) is 9.61. The normalized spacial score (nSPS) is 21.9. The van der Waals surface area contributed by atoms with Crippen LogP contribution in [-0.4, -0.2) is 59.4 Å². The van der Waals surface area contributed by atoms with Crippen molar-refractivity contribution in [2.45, 2.75) is 75.8 Å². The average Bonchev–Trinajstić information content (AvgIpc) is 2.91. The van der Waals surface area contributed by atoms with Crippen molar-refractivity contribution in [1.29, 1.82) is 0 Å². The summed E-state index contributed by atoms with van der Waals surface area (Å²) in [6.07, 6.45) is -7.09. The van der Waals surface area contributed by atoms with Crippen molar-refractivity contribution in [2.75, 3.05) is 31.6 Å². The zero-order valence-electron chi connectivity index (χ0n) is 23.2. The number of hydrogen-bond donors (Lipinski definition) is 0. The Balaban J connectivity index is 1.68. The maximum Gasteiger partial charge on any atom is 0.416 e. The Kier molecular flexibility index (Phi) is 8.91. The topological polar surface area (TPSA) is 23.6 Å². The SMILES string of the molecule is Cc1ccccc1[C@H]1CN(C2CCSCC2)CC[C@@H]1N(C)C(=O)C(C)(C)c1cc(C(F)(F)F)cc(C(F)(F)F)c1. The van der Waals surface area contributed by atoms with E-state index < -0.39 is 34.8 Å². The van der Waals surface area contributed by atoms with Crippen molar-refractivity contribution in [2.24, 2.45) is 0 Å². The second kappa shape index (κ2) is 11.6. The van der Waals surface area contributed by atoms with Crippen molar-refractivity contribution >= 4 is 17.7 Å². The van der Waals surface area contributed by atoms with Gasteiger partial charge in [0.1, 0.15) is 0 Å². The first-order valence-electron chi connectivity index (χ1n) is 13.5. The van der Waals surface area contributed by atoms with Gasteiger partial charge >= 0.3 is 12.4 Å². The first-order valence-corrected chi connectivity index (χ1v) is 14.7. The Morgan fingerprint density at radius 3 is 2.00 bits per heavy atom. The third kappa shape index (κ3) is 6.48. The molecule has 2 fully saturated rings. The van der Waals surface area contributed by atoms with Crippen LogP contribution in [0.1, 0.15) is 66.8 Å². The highest BCUT2D eigenvalue weighted by Gasteiger charge is 2.44. The fraction of sp³-hybridized carbons (Fsp3) is 0.567. The molecule has 40 heavy (non-hydrogen) atoms. The first kappa shape index (κ1) is 30.8. The van der Waals surface area contributed by atoms with Crippen LogP contribution in [0.3, 0.4) is 0 Å². The summed E-state index contributed by atoms with van der Waals surface area (Å²) in [5.41, 5.74) is -2.57. The molecular weight excluding hydrogens is 550 g/mol. The first-order chi connectivity index (χ1) is 18.6. The van der Waals surface area contributed by atoms with E-state index in [0.29, 0.717) is 24.6 Å². The summed E-state index contributed by atoms with van der Waals surface area (Å²) in [7, 11) is 1.63. The number of rotatable bonds is 5. The Bertz CT molecular complexity index is 1170. The molecule has 0 aliphatic carbocycles. The molecule has 2 aromatic rings. The second-order valence-electron chi connectivity index (χ2n) is 11.5. The minimum absolute atomic E-state index is 0.0403. The molecule has 0 spiro atoms. The summed E-state index contributed by atoms with van der Waals surface area (Å²) in [6, 6.07) is 9.65. The van der Waals surface area contributed by atoms with Crippen LogP contribution in [0.5, 0.6) is 0 Å². The number of likely N-dealkylation sites (N-methyl/N-ethyl adjacent to an activating group) is 1. The van der Waals surface area contributed by atoms with Crippen molar-refractivity contribution in [1.82, 2.24) is 9.80 Å². The molecule has 0 radical (unpaired) electrons. The summed E-state index contributed by atoms with van der Waals surface area (Å²) < 4.78 is 81.4. The van der Waals surface area contributed by atoms with Crippen LogP contribution in [0.2, 0.25) is 0 Å². The van der Waals surface area contributed by atoms with Gasteiger partial charge in [0.15, 0.2) is 0 Å². The molecule has 0 N–H and O–H groups in total. The monoisotopic (exact) mass is 586 g/mol. The quantitative estimate of drug-likeness (QED) is 0.339. The summed E-state index contributed by atoms with van der Waals surface area (Å²) in [5, 5.41) is 0. The highest BCUT2D eigenvalue weighted by Crippen LogP contribution is 2.41. The van der Waals surface area contributed by atoms with Crippen LogP contribution in [0.15, 0.2) is 42.5 Å². The van der Waals surface area contributed by atoms with Gasteiger partial charge in [-0.05, 0) is 86.4 Å². The smallest absolute Gasteiger partial charge is 0.341 e. The van der Waals surface area contributed by atoms with E-state index >= 15 is 0 Å². The van der Waals surface area contributed by atoms with E-state index in [0.717, 1.165) is 48.6 Å². The Labute approximate surface area is 236 Å². The van der Waals surface area contributed by atoms with Crippen LogP contribution < -0.4 is 0 Å². The van der Waals surface area contributed by atoms with Gasteiger partial charge < -0.3 is 4.90 Å². The van der Waals surface area contributed by atoms with Crippen molar-refractivity contribution in [3.8, 4) is 0 Å². The summed E-state index contributed by atoms with van der Waals surface area (Å²) in [5.74, 6) is 1.68. The zero-order chi connectivity index (χ0) is 29.5. The summed E-state index contributed by atoms with van der Waals surface area (Å²) in [6.45, 7) is 6.35. The van der Waals surface area contributed by atoms with Gasteiger partial charge in [-0.1, -0.05) is 24.3 Å². The van der Waals surface area contributed by atoms with Gasteiger partial charge in [0, 0.05) is 38.1 Å². The van der Waals surface area contributed by atoms with Gasteiger partial charge in [-0.3, -0.25) is 9.69 Å². The van der Waals surface area contributed by atoms with E-state index in [4.69, 9.17) is 0 Å². The fourth-order valence-electron chi connectivity index (χ4n) is 6.15. The summed E-state index contributed by atoms with van der Waals surface area (Å²) >= 11 is 1.96. The number of benzene rings is 2. The molecule has 0 bridgehead atoms. The molecule has 0 unspecified atom stereocenters. The van der Waals surface area contributed by atoms with E-state index in [2.05, 4.69) is 11.0 Å². The lowest BCUT2D eigenvalue weighted by Gasteiger charge is -2.47. The molecule has 0 saturated carbocycles. The van der Waals surface area contributed by atoms with Crippen LogP contribution in [0.25, 0.3) is 0 Å². The lowest BCUT2D eigenvalue weighted by molar-refractivity contribution is -0.144. The Morgan fingerprint density at radius 2 is 1.45 bits per heavy atom. The van der Waals surface area contributed by atoms with Crippen molar-refractivity contribution in [3.05, 3.63) is 70.3 Å². The number of nitrogens with zero attached hydrogens (tertiary/aromatic N) is 2. The third-order valence-electron chi connectivity index (χ3n) is 8.56. The highest BCUT2D eigenvalue weighted by atomic mass is 32.2. The number of carbonyl (C=O) groups excluding carboxylic acids is 1. The predicted octanol–water partition coefficient (Wildman–Crippen LogP) is 7.52. The van der Waals surface area contributed by atoms with Crippen LogP contribution in [-0.2, 0) is 22.6 Å². The Hall–Kier alpha value is -2.20. The van der Waals surface area contributed by atoms with Gasteiger partial charge in [-0.15, -0.1) is 0 Å². The zero-order valence-corrected chi connectivity index (χ0v) is 24.0. The van der Waals surface area contributed by atoms with Crippen LogP contribution >= 0.6 is 11.8 Å². The summed E-state index contributed by atoms with van der Waals surface area (Å²) in [4.78, 5) is 18.0. The number of piperidine rings is 1. The Morgan fingerprint density at radius 1 is 0.900 bits per heavy atom. The van der Waals surface area contributed by atoms with Crippen molar-refractivity contribution in [3.63, 3.8) is 0 Å². The molecule has 10 heteroatoms. The maximum atomic E-state index is 14.0. The molecule has 2 aliphatic rings. The lowest BCUT2D eigenvalue weighted by Crippen LogP contribution is -2.55. The standard InChI is InChI=1S/C30H36F6N2OS/c1-19-7-5-6-8-24(19)25-18-38(23-10-13-40-14-11-23)12-9-26(25)37(4)27(39)28(2,3)20-15-21(29(31,32)33)17-22(16-20)30(34,35)36/h5-8,15-17,23,25-26H,9-14,18H2,1-4H3/t25-,26+/m1/s1. The van der Waals surface area contributed by atoms with Crippen molar-refractivity contribution < 1.29 is 31.1 Å². The van der Waals surface area contributed by atoms with Gasteiger partial charge in [-0.25, -0.2) is 0 Å². The maximum absolute atomic E-state index is 14.0. The van der Waals surface area contributed by atoms with Gasteiger partial charge in [0.05, 0.1) is 16.5 Å². The number of thioether (sulfide) groups is 1. The second-order valence-corrected chi connectivity index (χ2v) is 12.7. The molecule has 1 amide bonds. The number of likely N-dealkylation sites (tertiary alicyclic amines) is 1. The van der Waals surface area contributed by atoms with Gasteiger partial charge in [-0.2, -0.15) is 38.1 Å². The van der Waals surface area contributed by atoms with Crippen LogP contribution in [0, 0.1) is 6.92 Å². The lowest BCUT2D eigenvalue weighted by atomic mass is 9.78. The molecule has 2 aromatic carbocycles. The molecule has 2 aliphatic heterocycles. The number of carbonyl (C=O) groups is 1. The molecule has 0 aromatic heterocycles. The molecule has 2 atom stereocenters. The number of hydrogen-bond acceptors (Lipinski definition) is 3. The molecule has 2 heterocycles. The molecule has 220 valence electrons. The van der Waals surface area contributed by atoms with E-state index in [1.165, 1.54) is 13.8 Å². The average molecular weight is 587 g/mol. The molecule has 3 nitrogen and oxygen atoms in total. The predicted molar refractivity (Wildman–Crippen MR) is 146 cm³/mol. The van der Waals surface area contributed by atoms with E-state index in [-0.39, 0.29) is 23.6 Å². The number of alkyl halides is 6. The van der Waals surface area contributed by atoms with Crippen LogP contribution in [0.4, 0.5) is 26.3 Å². The largest absolute Gasteiger partial charge is 0.416 e. The fourth-order valence-corrected chi connectivity index (χ4v) is 7.23. The highest BCUT2D eigenvalue weighted by molar-refractivity contribution is 7.99. The number of halogens is 6. The van der Waals surface area contributed by atoms with E-state index in [1.54, 1.807) is 11.9 Å². The number of amides is 1. The molecular formula is C30H36F6N2OS. The van der Waals surface area contributed by atoms with E-state index in [1.807, 2.05) is 36.9 Å². The van der Waals surface area contributed by atoms with E-state index in [9.17, 15) is 31.1 Å².